The summed E-state index contributed by atoms with van der Waals surface area (Å²) in [6.07, 6.45) is 1.85. The molecule has 0 bridgehead atoms. The molecule has 0 saturated carbocycles. The van der Waals surface area contributed by atoms with Crippen molar-refractivity contribution in [1.82, 2.24) is 4.72 Å². The Morgan fingerprint density at radius 3 is 2.61 bits per heavy atom. The quantitative estimate of drug-likeness (QED) is 0.822. The van der Waals surface area contributed by atoms with Crippen LogP contribution < -0.4 is 4.72 Å². The number of rotatable bonds is 4. The maximum Gasteiger partial charge on any atom is 0.324 e. The SMILES string of the molecule is O=C1OCC[C@H]1NS(=O)(=O)/C=C/c1ccccc1. The van der Waals surface area contributed by atoms with E-state index in [9.17, 15) is 13.2 Å². The monoisotopic (exact) mass is 267 g/mol. The van der Waals surface area contributed by atoms with Crippen LogP contribution >= 0.6 is 0 Å². The van der Waals surface area contributed by atoms with E-state index in [-0.39, 0.29) is 6.61 Å². The Hall–Kier alpha value is -1.66. The van der Waals surface area contributed by atoms with Gasteiger partial charge in [-0.15, -0.1) is 0 Å². The molecule has 6 heteroatoms. The van der Waals surface area contributed by atoms with Crippen LogP contribution in [0.1, 0.15) is 12.0 Å². The molecule has 1 aliphatic rings. The van der Waals surface area contributed by atoms with Gasteiger partial charge in [0.25, 0.3) is 0 Å². The van der Waals surface area contributed by atoms with Gasteiger partial charge in [0.05, 0.1) is 6.61 Å². The highest BCUT2D eigenvalue weighted by atomic mass is 32.2. The minimum Gasteiger partial charge on any atom is -0.464 e. The molecule has 0 spiro atoms. The zero-order valence-corrected chi connectivity index (χ0v) is 10.4. The first-order valence-corrected chi connectivity index (χ1v) is 7.03. The van der Waals surface area contributed by atoms with Crippen LogP contribution in [-0.4, -0.2) is 27.0 Å². The average molecular weight is 267 g/mol. The van der Waals surface area contributed by atoms with E-state index in [2.05, 4.69) is 9.46 Å². The summed E-state index contributed by atoms with van der Waals surface area (Å²) in [7, 11) is -3.63. The second-order valence-electron chi connectivity index (χ2n) is 3.89. The molecule has 0 radical (unpaired) electrons. The molecular weight excluding hydrogens is 254 g/mol. The Morgan fingerprint density at radius 2 is 2.00 bits per heavy atom. The number of cyclic esters (lactones) is 1. The number of nitrogens with one attached hydrogen (secondary N) is 1. The zero-order chi connectivity index (χ0) is 13.0. The van der Waals surface area contributed by atoms with Gasteiger partial charge in [0.15, 0.2) is 0 Å². The molecule has 1 atom stereocenters. The van der Waals surface area contributed by atoms with E-state index < -0.39 is 22.0 Å². The Labute approximate surface area is 106 Å². The van der Waals surface area contributed by atoms with Crippen LogP contribution in [0.2, 0.25) is 0 Å². The van der Waals surface area contributed by atoms with Gasteiger partial charge in [-0.2, -0.15) is 4.72 Å². The van der Waals surface area contributed by atoms with E-state index in [4.69, 9.17) is 0 Å². The average Bonchev–Trinajstić information content (AvgIpc) is 2.73. The van der Waals surface area contributed by atoms with Gasteiger partial charge in [0.1, 0.15) is 6.04 Å². The van der Waals surface area contributed by atoms with Gasteiger partial charge in [0, 0.05) is 11.8 Å². The van der Waals surface area contributed by atoms with Gasteiger partial charge >= 0.3 is 5.97 Å². The number of carbonyl (C=O) groups is 1. The Kier molecular flexibility index (Phi) is 3.78. The molecule has 2 rings (SSSR count). The lowest BCUT2D eigenvalue weighted by Gasteiger charge is -2.05. The van der Waals surface area contributed by atoms with Crippen LogP contribution in [0.15, 0.2) is 35.7 Å². The van der Waals surface area contributed by atoms with Gasteiger partial charge in [0.2, 0.25) is 10.0 Å². The first-order chi connectivity index (χ1) is 8.57. The highest BCUT2D eigenvalue weighted by Gasteiger charge is 2.29. The number of esters is 1. The van der Waals surface area contributed by atoms with Crippen LogP contribution in [0.3, 0.4) is 0 Å². The standard InChI is InChI=1S/C12H13NO4S/c14-12-11(6-8-17-12)13-18(15,16)9-7-10-4-2-1-3-5-10/h1-5,7,9,11,13H,6,8H2/b9-7+/t11-/m1/s1. The molecule has 1 aromatic rings. The molecule has 5 nitrogen and oxygen atoms in total. The van der Waals surface area contributed by atoms with Crippen molar-refractivity contribution in [2.75, 3.05) is 6.61 Å². The summed E-state index contributed by atoms with van der Waals surface area (Å²) in [5.41, 5.74) is 0.775. The molecule has 0 amide bonds. The maximum absolute atomic E-state index is 11.7. The predicted octanol–water partition coefficient (Wildman–Crippen LogP) is 0.892. The van der Waals surface area contributed by atoms with Gasteiger partial charge in [-0.25, -0.2) is 8.42 Å². The van der Waals surface area contributed by atoms with Gasteiger partial charge < -0.3 is 4.74 Å². The Morgan fingerprint density at radius 1 is 1.28 bits per heavy atom. The van der Waals surface area contributed by atoms with Gasteiger partial charge in [-0.1, -0.05) is 30.3 Å². The predicted molar refractivity (Wildman–Crippen MR) is 66.9 cm³/mol. The van der Waals surface area contributed by atoms with Crippen LogP contribution in [0.25, 0.3) is 6.08 Å². The first-order valence-electron chi connectivity index (χ1n) is 5.49. The van der Waals surface area contributed by atoms with Crippen LogP contribution in [0.4, 0.5) is 0 Å². The van der Waals surface area contributed by atoms with E-state index in [1.807, 2.05) is 18.2 Å². The van der Waals surface area contributed by atoms with E-state index in [1.54, 1.807) is 12.1 Å². The van der Waals surface area contributed by atoms with E-state index in [0.29, 0.717) is 6.42 Å². The lowest BCUT2D eigenvalue weighted by Crippen LogP contribution is -2.36. The molecule has 0 unspecified atom stereocenters. The third-order valence-corrected chi connectivity index (χ3v) is 3.59. The van der Waals surface area contributed by atoms with Crippen LogP contribution in [-0.2, 0) is 19.6 Å². The van der Waals surface area contributed by atoms with Crippen molar-refractivity contribution in [3.8, 4) is 0 Å². The number of ether oxygens (including phenoxy) is 1. The van der Waals surface area contributed by atoms with Crippen molar-refractivity contribution in [2.45, 2.75) is 12.5 Å². The fraction of sp³-hybridized carbons (Fsp3) is 0.250. The summed E-state index contributed by atoms with van der Waals surface area (Å²) in [5, 5.41) is 1.05. The van der Waals surface area contributed by atoms with Crippen molar-refractivity contribution in [3.05, 3.63) is 41.3 Å². The second kappa shape index (κ2) is 5.32. The smallest absolute Gasteiger partial charge is 0.324 e. The summed E-state index contributed by atoms with van der Waals surface area (Å²) < 4.78 is 30.4. The molecule has 1 saturated heterocycles. The highest BCUT2D eigenvalue weighted by Crippen LogP contribution is 2.09. The maximum atomic E-state index is 11.7. The van der Waals surface area contributed by atoms with E-state index in [1.165, 1.54) is 6.08 Å². The number of hydrogen-bond donors (Lipinski definition) is 1. The Balaban J connectivity index is 2.03. The number of carbonyl (C=O) groups excluding carboxylic acids is 1. The molecule has 1 N–H and O–H groups in total. The fourth-order valence-corrected chi connectivity index (χ4v) is 2.60. The number of sulfonamides is 1. The summed E-state index contributed by atoms with van der Waals surface area (Å²) in [6, 6.07) is 8.28. The van der Waals surface area contributed by atoms with Crippen molar-refractivity contribution < 1.29 is 17.9 Å². The molecule has 0 aliphatic carbocycles. The molecule has 1 heterocycles. The van der Waals surface area contributed by atoms with Crippen molar-refractivity contribution in [3.63, 3.8) is 0 Å². The summed E-state index contributed by atoms with van der Waals surface area (Å²) >= 11 is 0. The number of hydrogen-bond acceptors (Lipinski definition) is 4. The molecule has 1 aromatic carbocycles. The molecule has 0 aromatic heterocycles. The third kappa shape index (κ3) is 3.41. The number of benzene rings is 1. The summed E-state index contributed by atoms with van der Waals surface area (Å²) in [6.45, 7) is 0.258. The first kappa shape index (κ1) is 12.8. The summed E-state index contributed by atoms with van der Waals surface area (Å²) in [5.74, 6) is -0.522. The molecular formula is C12H13NO4S. The minimum absolute atomic E-state index is 0.258. The van der Waals surface area contributed by atoms with E-state index >= 15 is 0 Å². The third-order valence-electron chi connectivity index (χ3n) is 2.48. The van der Waals surface area contributed by atoms with Gasteiger partial charge in [-0.05, 0) is 11.6 Å². The summed E-state index contributed by atoms with van der Waals surface area (Å²) in [4.78, 5) is 11.2. The molecule has 1 aliphatic heterocycles. The topological polar surface area (TPSA) is 72.5 Å². The zero-order valence-electron chi connectivity index (χ0n) is 9.57. The van der Waals surface area contributed by atoms with Crippen molar-refractivity contribution in [1.29, 1.82) is 0 Å². The second-order valence-corrected chi connectivity index (χ2v) is 5.48. The van der Waals surface area contributed by atoms with Gasteiger partial charge in [-0.3, -0.25) is 4.79 Å². The van der Waals surface area contributed by atoms with Crippen LogP contribution in [0, 0.1) is 0 Å². The minimum atomic E-state index is -3.63. The molecule has 1 fully saturated rings. The molecule has 96 valence electrons. The lowest BCUT2D eigenvalue weighted by atomic mass is 10.2. The van der Waals surface area contributed by atoms with Crippen molar-refractivity contribution >= 4 is 22.1 Å². The molecule has 18 heavy (non-hydrogen) atoms. The Bertz CT molecular complexity index is 551. The highest BCUT2D eigenvalue weighted by molar-refractivity contribution is 7.92. The van der Waals surface area contributed by atoms with Crippen molar-refractivity contribution in [2.24, 2.45) is 0 Å². The fourth-order valence-electron chi connectivity index (χ4n) is 1.57. The van der Waals surface area contributed by atoms with Crippen LogP contribution in [0.5, 0.6) is 0 Å². The normalized spacial score (nSPS) is 20.2. The largest absolute Gasteiger partial charge is 0.464 e. The lowest BCUT2D eigenvalue weighted by molar-refractivity contribution is -0.139. The van der Waals surface area contributed by atoms with E-state index in [0.717, 1.165) is 11.0 Å².